The standard InChI is InChI=1S/C57H113NO10/c1-3-5-7-9-11-13-15-17-19-21-23-25-27-28-30-32-34-36-38-40-42-44-49(60)52(62)48(47-67-57-55(65)54(64)53(63)51(46-59)68-57)58-56(66)50(61)45-43-41-39-37-35-33-31-29-26-24-22-20-18-16-14-12-10-8-6-4-2/h48-55,57,59-65H,3-47H2,1-2H3,(H,58,66). The van der Waals surface area contributed by atoms with Crippen LogP contribution in [0.5, 0.6) is 0 Å². The van der Waals surface area contributed by atoms with Crippen LogP contribution in [-0.4, -0.2) is 110 Å². The van der Waals surface area contributed by atoms with Gasteiger partial charge >= 0.3 is 0 Å². The van der Waals surface area contributed by atoms with Crippen molar-refractivity contribution in [3.05, 3.63) is 0 Å². The lowest BCUT2D eigenvalue weighted by molar-refractivity contribution is -0.303. The molecule has 0 aromatic heterocycles. The summed E-state index contributed by atoms with van der Waals surface area (Å²) in [6.07, 6.45) is 41.5. The van der Waals surface area contributed by atoms with Crippen LogP contribution < -0.4 is 5.32 Å². The number of aliphatic hydroxyl groups excluding tert-OH is 7. The second kappa shape index (κ2) is 47.1. The molecule has 0 spiro atoms. The Labute approximate surface area is 418 Å². The van der Waals surface area contributed by atoms with Crippen molar-refractivity contribution in [2.75, 3.05) is 13.2 Å². The Morgan fingerprint density at radius 2 is 0.765 bits per heavy atom. The molecule has 68 heavy (non-hydrogen) atoms. The van der Waals surface area contributed by atoms with Gasteiger partial charge in [0.05, 0.1) is 25.4 Å². The van der Waals surface area contributed by atoms with Crippen molar-refractivity contribution in [1.82, 2.24) is 5.32 Å². The number of aliphatic hydroxyl groups is 7. The molecule has 406 valence electrons. The van der Waals surface area contributed by atoms with E-state index in [0.717, 1.165) is 38.5 Å². The number of hydrogen-bond donors (Lipinski definition) is 8. The summed E-state index contributed by atoms with van der Waals surface area (Å²) in [5.74, 6) is -0.689. The van der Waals surface area contributed by atoms with Gasteiger partial charge in [-0.05, 0) is 12.8 Å². The summed E-state index contributed by atoms with van der Waals surface area (Å²) in [4.78, 5) is 13.2. The van der Waals surface area contributed by atoms with Crippen LogP contribution >= 0.6 is 0 Å². The van der Waals surface area contributed by atoms with Crippen LogP contribution in [0.2, 0.25) is 0 Å². The van der Waals surface area contributed by atoms with Crippen molar-refractivity contribution in [2.45, 2.75) is 345 Å². The third-order valence-corrected chi connectivity index (χ3v) is 14.7. The van der Waals surface area contributed by atoms with Crippen LogP contribution in [0.25, 0.3) is 0 Å². The normalized spacial score (nSPS) is 20.4. The van der Waals surface area contributed by atoms with Gasteiger partial charge in [0.2, 0.25) is 5.91 Å². The summed E-state index contributed by atoms with van der Waals surface area (Å²) < 4.78 is 11.2. The Kier molecular flexibility index (Phi) is 45.1. The van der Waals surface area contributed by atoms with Gasteiger partial charge in [0.25, 0.3) is 0 Å². The highest BCUT2D eigenvalue weighted by Gasteiger charge is 2.44. The molecule has 1 rings (SSSR count). The summed E-state index contributed by atoms with van der Waals surface area (Å²) in [5, 5.41) is 76.2. The molecule has 0 aromatic rings. The number of carbonyl (C=O) groups is 1. The van der Waals surface area contributed by atoms with Crippen LogP contribution in [0.3, 0.4) is 0 Å². The van der Waals surface area contributed by atoms with Crippen molar-refractivity contribution in [3.63, 3.8) is 0 Å². The quantitative estimate of drug-likeness (QED) is 0.0272. The fraction of sp³-hybridized carbons (Fsp3) is 0.982. The number of hydrogen-bond acceptors (Lipinski definition) is 10. The van der Waals surface area contributed by atoms with Crippen molar-refractivity contribution in [2.24, 2.45) is 0 Å². The molecule has 0 aromatic carbocycles. The molecule has 1 saturated heterocycles. The van der Waals surface area contributed by atoms with Crippen LogP contribution in [0.15, 0.2) is 0 Å². The zero-order valence-electron chi connectivity index (χ0n) is 44.4. The molecule has 1 aliphatic heterocycles. The van der Waals surface area contributed by atoms with Gasteiger partial charge in [0.1, 0.15) is 36.6 Å². The highest BCUT2D eigenvalue weighted by molar-refractivity contribution is 5.80. The third-order valence-electron chi connectivity index (χ3n) is 14.7. The molecular weight excluding hydrogens is 859 g/mol. The van der Waals surface area contributed by atoms with Crippen molar-refractivity contribution in [3.8, 4) is 0 Å². The second-order valence-electron chi connectivity index (χ2n) is 21.1. The molecule has 1 aliphatic rings. The number of rotatable bonds is 51. The van der Waals surface area contributed by atoms with E-state index in [4.69, 9.17) is 9.47 Å². The summed E-state index contributed by atoms with van der Waals surface area (Å²) in [7, 11) is 0. The molecule has 1 heterocycles. The first-order valence-electron chi connectivity index (χ1n) is 29.4. The minimum absolute atomic E-state index is 0.267. The Bertz CT molecular complexity index is 1070. The number of nitrogens with one attached hydrogen (secondary N) is 1. The van der Waals surface area contributed by atoms with E-state index in [1.54, 1.807) is 0 Å². The van der Waals surface area contributed by atoms with Gasteiger partial charge in [0, 0.05) is 0 Å². The first-order chi connectivity index (χ1) is 33.2. The maximum Gasteiger partial charge on any atom is 0.249 e. The highest BCUT2D eigenvalue weighted by atomic mass is 16.7. The molecule has 8 N–H and O–H groups in total. The third kappa shape index (κ3) is 35.3. The molecule has 1 amide bonds. The van der Waals surface area contributed by atoms with E-state index in [1.165, 1.54) is 212 Å². The van der Waals surface area contributed by atoms with Crippen LogP contribution in [-0.2, 0) is 14.3 Å². The summed E-state index contributed by atoms with van der Waals surface area (Å²) in [6, 6.07) is -1.16. The zero-order chi connectivity index (χ0) is 49.7. The molecule has 1 fully saturated rings. The van der Waals surface area contributed by atoms with E-state index in [1.807, 2.05) is 0 Å². The first kappa shape index (κ1) is 65.1. The summed E-state index contributed by atoms with van der Waals surface area (Å²) >= 11 is 0. The maximum atomic E-state index is 13.2. The Morgan fingerprint density at radius 3 is 1.09 bits per heavy atom. The molecule has 9 unspecified atom stereocenters. The van der Waals surface area contributed by atoms with Gasteiger partial charge < -0.3 is 50.5 Å². The van der Waals surface area contributed by atoms with E-state index in [-0.39, 0.29) is 6.42 Å². The number of unbranched alkanes of at least 4 members (excludes halogenated alkanes) is 39. The predicted molar refractivity (Wildman–Crippen MR) is 280 cm³/mol. The van der Waals surface area contributed by atoms with Crippen molar-refractivity contribution < 1.29 is 50.0 Å². The Morgan fingerprint density at radius 1 is 0.456 bits per heavy atom. The summed E-state index contributed by atoms with van der Waals surface area (Å²) in [6.45, 7) is 3.50. The van der Waals surface area contributed by atoms with E-state index in [0.29, 0.717) is 19.3 Å². The molecule has 11 nitrogen and oxygen atoms in total. The van der Waals surface area contributed by atoms with Crippen LogP contribution in [0, 0.1) is 0 Å². The molecule has 0 bridgehead atoms. The average molecular weight is 973 g/mol. The van der Waals surface area contributed by atoms with E-state index >= 15 is 0 Å². The fourth-order valence-electron chi connectivity index (χ4n) is 9.86. The number of ether oxygens (including phenoxy) is 2. The Balaban J connectivity index is 2.30. The van der Waals surface area contributed by atoms with Crippen LogP contribution in [0.4, 0.5) is 0 Å². The molecule has 0 radical (unpaired) electrons. The molecular formula is C57H113NO10. The van der Waals surface area contributed by atoms with Gasteiger partial charge in [-0.15, -0.1) is 0 Å². The van der Waals surface area contributed by atoms with Gasteiger partial charge in [-0.2, -0.15) is 0 Å². The minimum Gasteiger partial charge on any atom is -0.394 e. The second-order valence-corrected chi connectivity index (χ2v) is 21.1. The maximum absolute atomic E-state index is 13.2. The largest absolute Gasteiger partial charge is 0.394 e. The molecule has 11 heteroatoms. The lowest BCUT2D eigenvalue weighted by Crippen LogP contribution is -2.60. The van der Waals surface area contributed by atoms with Crippen LogP contribution in [0.1, 0.15) is 290 Å². The average Bonchev–Trinajstić information content (AvgIpc) is 3.34. The number of carbonyl (C=O) groups excluding carboxylic acids is 1. The predicted octanol–water partition coefficient (Wildman–Crippen LogP) is 12.2. The lowest BCUT2D eigenvalue weighted by Gasteiger charge is -2.40. The SMILES string of the molecule is CCCCCCCCCCCCCCCCCCCCCCCC(O)C(O)C(COC1OC(CO)C(O)C(O)C1O)NC(=O)C(O)CCCCCCCCCCCCCCCCCCCCCC. The van der Waals surface area contributed by atoms with Gasteiger partial charge in [-0.3, -0.25) is 4.79 Å². The van der Waals surface area contributed by atoms with E-state index in [9.17, 15) is 40.5 Å². The zero-order valence-corrected chi connectivity index (χ0v) is 44.4. The lowest BCUT2D eigenvalue weighted by atomic mass is 9.98. The van der Waals surface area contributed by atoms with E-state index in [2.05, 4.69) is 19.2 Å². The smallest absolute Gasteiger partial charge is 0.249 e. The number of amides is 1. The highest BCUT2D eigenvalue weighted by Crippen LogP contribution is 2.24. The minimum atomic E-state index is -1.66. The van der Waals surface area contributed by atoms with Gasteiger partial charge in [-0.25, -0.2) is 0 Å². The molecule has 9 atom stereocenters. The van der Waals surface area contributed by atoms with Gasteiger partial charge in [0.15, 0.2) is 6.29 Å². The molecule has 0 saturated carbocycles. The van der Waals surface area contributed by atoms with Gasteiger partial charge in [-0.1, -0.05) is 277 Å². The van der Waals surface area contributed by atoms with Crippen molar-refractivity contribution >= 4 is 5.91 Å². The summed E-state index contributed by atoms with van der Waals surface area (Å²) in [5.41, 5.74) is 0. The topological polar surface area (TPSA) is 189 Å². The Hall–Kier alpha value is -0.890. The molecule has 0 aliphatic carbocycles. The van der Waals surface area contributed by atoms with Crippen molar-refractivity contribution in [1.29, 1.82) is 0 Å². The fourth-order valence-corrected chi connectivity index (χ4v) is 9.86. The monoisotopic (exact) mass is 972 g/mol. The van der Waals surface area contributed by atoms with E-state index < -0.39 is 74.2 Å². The first-order valence-corrected chi connectivity index (χ1v) is 29.4.